The smallest absolute Gasteiger partial charge is 0.148 e. The largest absolute Gasteiger partial charge is 0.508 e. The molecule has 2 N–H and O–H groups in total. The summed E-state index contributed by atoms with van der Waals surface area (Å²) in [5, 5.41) is 17.4. The van der Waals surface area contributed by atoms with Crippen LogP contribution in [0, 0.1) is 6.92 Å². The number of hydrogen-bond acceptors (Lipinski definition) is 3. The van der Waals surface area contributed by atoms with E-state index in [1.54, 1.807) is 10.7 Å². The summed E-state index contributed by atoms with van der Waals surface area (Å²) in [6.07, 6.45) is 1.88. The molecule has 1 heterocycles. The van der Waals surface area contributed by atoms with Crippen LogP contribution in [-0.2, 0) is 7.05 Å². The Morgan fingerprint density at radius 3 is 2.71 bits per heavy atom. The van der Waals surface area contributed by atoms with E-state index in [-0.39, 0.29) is 6.04 Å². The van der Waals surface area contributed by atoms with Crippen molar-refractivity contribution in [3.05, 3.63) is 41.6 Å². The molecule has 2 rings (SSSR count). The van der Waals surface area contributed by atoms with E-state index in [4.69, 9.17) is 0 Å². The van der Waals surface area contributed by atoms with Gasteiger partial charge >= 0.3 is 0 Å². The van der Waals surface area contributed by atoms with E-state index < -0.39 is 0 Å². The third kappa shape index (κ3) is 2.58. The van der Waals surface area contributed by atoms with E-state index in [0.717, 1.165) is 16.9 Å². The Labute approximate surface area is 101 Å². The summed E-state index contributed by atoms with van der Waals surface area (Å²) in [6, 6.07) is 7.62. The van der Waals surface area contributed by atoms with Crippen LogP contribution in [0.15, 0.2) is 30.5 Å². The molecule has 0 aliphatic carbocycles. The van der Waals surface area contributed by atoms with Crippen molar-refractivity contribution in [2.24, 2.45) is 7.05 Å². The van der Waals surface area contributed by atoms with Crippen molar-refractivity contribution in [1.29, 1.82) is 0 Å². The zero-order valence-electron chi connectivity index (χ0n) is 10.3. The molecule has 2 aromatic rings. The number of aryl methyl sites for hydroxylation is 2. The highest BCUT2D eigenvalue weighted by Gasteiger charge is 2.11. The predicted molar refractivity (Wildman–Crippen MR) is 68.1 cm³/mol. The Kier molecular flexibility index (Phi) is 3.04. The van der Waals surface area contributed by atoms with Crippen molar-refractivity contribution in [3.63, 3.8) is 0 Å². The molecule has 4 heteroatoms. The average molecular weight is 231 g/mol. The lowest BCUT2D eigenvalue weighted by molar-refractivity contribution is 0.465. The van der Waals surface area contributed by atoms with E-state index in [1.165, 1.54) is 0 Å². The lowest BCUT2D eigenvalue weighted by atomic mass is 10.1. The van der Waals surface area contributed by atoms with Crippen LogP contribution in [0.25, 0.3) is 0 Å². The van der Waals surface area contributed by atoms with Crippen molar-refractivity contribution in [1.82, 2.24) is 9.78 Å². The lowest BCUT2D eigenvalue weighted by Gasteiger charge is -2.15. The number of hydrogen-bond donors (Lipinski definition) is 2. The van der Waals surface area contributed by atoms with Gasteiger partial charge in [0, 0.05) is 24.9 Å². The van der Waals surface area contributed by atoms with Crippen LogP contribution >= 0.6 is 0 Å². The van der Waals surface area contributed by atoms with Gasteiger partial charge in [-0.15, -0.1) is 0 Å². The highest BCUT2D eigenvalue weighted by molar-refractivity contribution is 5.43. The number of phenols is 1. The Hall–Kier alpha value is -1.97. The van der Waals surface area contributed by atoms with Gasteiger partial charge in [-0.05, 0) is 25.5 Å². The van der Waals surface area contributed by atoms with Crippen molar-refractivity contribution in [3.8, 4) is 5.75 Å². The number of nitrogens with zero attached hydrogens (tertiary/aromatic N) is 2. The summed E-state index contributed by atoms with van der Waals surface area (Å²) in [5.41, 5.74) is 1.93. The zero-order valence-corrected chi connectivity index (χ0v) is 10.3. The fourth-order valence-electron chi connectivity index (χ4n) is 1.81. The first-order valence-corrected chi connectivity index (χ1v) is 5.62. The van der Waals surface area contributed by atoms with Crippen LogP contribution in [0.5, 0.6) is 5.75 Å². The summed E-state index contributed by atoms with van der Waals surface area (Å²) in [5.74, 6) is 1.13. The first-order valence-electron chi connectivity index (χ1n) is 5.62. The molecule has 0 spiro atoms. The molecule has 0 aliphatic rings. The van der Waals surface area contributed by atoms with E-state index in [0.29, 0.717) is 5.75 Å². The van der Waals surface area contributed by atoms with Crippen molar-refractivity contribution in [2.75, 3.05) is 5.32 Å². The van der Waals surface area contributed by atoms with Crippen molar-refractivity contribution >= 4 is 5.82 Å². The topological polar surface area (TPSA) is 50.1 Å². The van der Waals surface area contributed by atoms with Gasteiger partial charge in [-0.2, -0.15) is 5.10 Å². The number of aromatic nitrogens is 2. The summed E-state index contributed by atoms with van der Waals surface area (Å²) in [4.78, 5) is 0. The molecule has 0 bridgehead atoms. The first-order chi connectivity index (χ1) is 8.06. The Morgan fingerprint density at radius 1 is 1.35 bits per heavy atom. The Balaban J connectivity index is 2.17. The molecular formula is C13H17N3O. The number of rotatable bonds is 3. The molecule has 0 aliphatic heterocycles. The highest BCUT2D eigenvalue weighted by atomic mass is 16.3. The van der Waals surface area contributed by atoms with E-state index in [1.807, 2.05) is 45.3 Å². The van der Waals surface area contributed by atoms with Gasteiger partial charge in [-0.25, -0.2) is 0 Å². The fraction of sp³-hybridized carbons (Fsp3) is 0.308. The van der Waals surface area contributed by atoms with Gasteiger partial charge in [0.1, 0.15) is 11.6 Å². The maximum absolute atomic E-state index is 9.88. The quantitative estimate of drug-likeness (QED) is 0.853. The molecule has 0 fully saturated rings. The second-order valence-corrected chi connectivity index (χ2v) is 4.30. The maximum atomic E-state index is 9.88. The van der Waals surface area contributed by atoms with Crippen LogP contribution in [0.3, 0.4) is 0 Å². The predicted octanol–water partition coefficient (Wildman–Crippen LogP) is 2.61. The molecule has 17 heavy (non-hydrogen) atoms. The number of aromatic hydroxyl groups is 1. The zero-order chi connectivity index (χ0) is 12.4. The van der Waals surface area contributed by atoms with Crippen molar-refractivity contribution < 1.29 is 5.11 Å². The maximum Gasteiger partial charge on any atom is 0.148 e. The third-order valence-electron chi connectivity index (χ3n) is 2.73. The number of nitrogens with one attached hydrogen (secondary N) is 1. The van der Waals surface area contributed by atoms with Crippen LogP contribution in [-0.4, -0.2) is 14.9 Å². The summed E-state index contributed by atoms with van der Waals surface area (Å²) >= 11 is 0. The van der Waals surface area contributed by atoms with Gasteiger partial charge < -0.3 is 10.4 Å². The summed E-state index contributed by atoms with van der Waals surface area (Å²) in [6.45, 7) is 3.96. The van der Waals surface area contributed by atoms with E-state index >= 15 is 0 Å². The second kappa shape index (κ2) is 4.49. The summed E-state index contributed by atoms with van der Waals surface area (Å²) in [7, 11) is 1.87. The monoisotopic (exact) mass is 231 g/mol. The minimum atomic E-state index is 0.0190. The molecule has 1 aromatic carbocycles. The molecule has 1 atom stereocenters. The van der Waals surface area contributed by atoms with Gasteiger partial charge in [-0.3, -0.25) is 4.68 Å². The SMILES string of the molecule is Cc1ccc(C(C)Nc2ccn(C)n2)c(O)c1. The standard InChI is InChI=1S/C13H17N3O/c1-9-4-5-11(12(17)8-9)10(2)14-13-6-7-16(3)15-13/h4-8,10,17H,1-3H3,(H,14,15). The number of anilines is 1. The fourth-order valence-corrected chi connectivity index (χ4v) is 1.81. The van der Waals surface area contributed by atoms with Crippen LogP contribution in [0.2, 0.25) is 0 Å². The second-order valence-electron chi connectivity index (χ2n) is 4.30. The van der Waals surface area contributed by atoms with Crippen LogP contribution < -0.4 is 5.32 Å². The molecule has 90 valence electrons. The van der Waals surface area contributed by atoms with Gasteiger partial charge in [0.05, 0.1) is 6.04 Å². The average Bonchev–Trinajstić information content (AvgIpc) is 2.63. The first kappa shape index (κ1) is 11.5. The summed E-state index contributed by atoms with van der Waals surface area (Å²) < 4.78 is 1.74. The molecule has 0 amide bonds. The molecule has 1 unspecified atom stereocenters. The van der Waals surface area contributed by atoms with Gasteiger partial charge in [0.25, 0.3) is 0 Å². The van der Waals surface area contributed by atoms with Gasteiger partial charge in [-0.1, -0.05) is 12.1 Å². The number of phenolic OH excluding ortho intramolecular Hbond substituents is 1. The minimum Gasteiger partial charge on any atom is -0.508 e. The molecule has 0 saturated carbocycles. The van der Waals surface area contributed by atoms with Gasteiger partial charge in [0.15, 0.2) is 0 Å². The van der Waals surface area contributed by atoms with E-state index in [2.05, 4.69) is 10.4 Å². The molecule has 4 nitrogen and oxygen atoms in total. The van der Waals surface area contributed by atoms with Gasteiger partial charge in [0.2, 0.25) is 0 Å². The van der Waals surface area contributed by atoms with Crippen LogP contribution in [0.4, 0.5) is 5.82 Å². The molecule has 0 saturated heterocycles. The van der Waals surface area contributed by atoms with E-state index in [9.17, 15) is 5.11 Å². The molecule has 1 aromatic heterocycles. The van der Waals surface area contributed by atoms with Crippen molar-refractivity contribution in [2.45, 2.75) is 19.9 Å². The molecule has 0 radical (unpaired) electrons. The Morgan fingerprint density at radius 2 is 2.12 bits per heavy atom. The Bertz CT molecular complexity index is 519. The highest BCUT2D eigenvalue weighted by Crippen LogP contribution is 2.27. The minimum absolute atomic E-state index is 0.0190. The third-order valence-corrected chi connectivity index (χ3v) is 2.73. The van der Waals surface area contributed by atoms with Crippen LogP contribution in [0.1, 0.15) is 24.1 Å². The lowest BCUT2D eigenvalue weighted by Crippen LogP contribution is -2.07. The normalized spacial score (nSPS) is 12.4. The molecular weight excluding hydrogens is 214 g/mol. The number of benzene rings is 1.